The molecule has 6 nitrogen and oxygen atoms in total. The second-order valence-corrected chi connectivity index (χ2v) is 5.57. The summed E-state index contributed by atoms with van der Waals surface area (Å²) in [5.41, 5.74) is 1.46. The van der Waals surface area contributed by atoms with Gasteiger partial charge in [-0.05, 0) is 55.3 Å². The van der Waals surface area contributed by atoms with Gasteiger partial charge in [-0.25, -0.2) is 9.78 Å². The summed E-state index contributed by atoms with van der Waals surface area (Å²) in [6.07, 6.45) is 3.45. The second kappa shape index (κ2) is 9.42. The number of aromatic nitrogens is 1. The summed E-state index contributed by atoms with van der Waals surface area (Å²) < 4.78 is 10.5. The fourth-order valence-corrected chi connectivity index (χ4v) is 2.01. The first-order valence-corrected chi connectivity index (χ1v) is 8.21. The van der Waals surface area contributed by atoms with Crippen LogP contribution < -0.4 is 10.1 Å². The molecule has 0 aliphatic carbocycles. The Kier molecular flexibility index (Phi) is 6.95. The first-order chi connectivity index (χ1) is 12.1. The van der Waals surface area contributed by atoms with Gasteiger partial charge in [0.05, 0.1) is 12.2 Å². The number of hydrogen-bond donors (Lipinski definition) is 1. The molecule has 0 aliphatic heterocycles. The zero-order chi connectivity index (χ0) is 18.1. The van der Waals surface area contributed by atoms with Crippen LogP contribution >= 0.6 is 0 Å². The average Bonchev–Trinajstić information content (AvgIpc) is 2.60. The molecular formula is C19H22N2O4. The van der Waals surface area contributed by atoms with Crippen molar-refractivity contribution in [3.8, 4) is 5.75 Å². The van der Waals surface area contributed by atoms with E-state index >= 15 is 0 Å². The Morgan fingerprint density at radius 2 is 1.92 bits per heavy atom. The quantitative estimate of drug-likeness (QED) is 0.588. The number of carbonyl (C=O) groups is 2. The molecule has 0 unspecified atom stereocenters. The first kappa shape index (κ1) is 18.4. The molecule has 1 N–H and O–H groups in total. The highest BCUT2D eigenvalue weighted by Gasteiger charge is 2.08. The van der Waals surface area contributed by atoms with Gasteiger partial charge in [-0.1, -0.05) is 13.3 Å². The van der Waals surface area contributed by atoms with E-state index in [9.17, 15) is 9.59 Å². The average molecular weight is 342 g/mol. The monoisotopic (exact) mass is 342 g/mol. The van der Waals surface area contributed by atoms with Crippen molar-refractivity contribution in [3.63, 3.8) is 0 Å². The predicted octanol–water partition coefficient (Wildman–Crippen LogP) is 3.36. The van der Waals surface area contributed by atoms with Gasteiger partial charge >= 0.3 is 5.97 Å². The van der Waals surface area contributed by atoms with Crippen molar-refractivity contribution in [1.82, 2.24) is 4.98 Å². The zero-order valence-electron chi connectivity index (χ0n) is 14.5. The van der Waals surface area contributed by atoms with Crippen LogP contribution in [0.2, 0.25) is 0 Å². The smallest absolute Gasteiger partial charge is 0.338 e. The Morgan fingerprint density at radius 1 is 1.16 bits per heavy atom. The molecule has 1 heterocycles. The molecular weight excluding hydrogens is 320 g/mol. The summed E-state index contributed by atoms with van der Waals surface area (Å²) in [4.78, 5) is 27.7. The Labute approximate surface area is 147 Å². The fourth-order valence-electron chi connectivity index (χ4n) is 2.01. The molecule has 25 heavy (non-hydrogen) atoms. The lowest BCUT2D eigenvalue weighted by molar-refractivity contribution is -0.118. The van der Waals surface area contributed by atoms with Crippen LogP contribution in [0.5, 0.6) is 5.75 Å². The minimum Gasteiger partial charge on any atom is -0.484 e. The van der Waals surface area contributed by atoms with Crippen LogP contribution in [0.3, 0.4) is 0 Å². The van der Waals surface area contributed by atoms with E-state index in [0.717, 1.165) is 18.4 Å². The van der Waals surface area contributed by atoms with Crippen LogP contribution in [-0.4, -0.2) is 30.1 Å². The Morgan fingerprint density at radius 3 is 2.60 bits per heavy atom. The van der Waals surface area contributed by atoms with E-state index in [-0.39, 0.29) is 18.5 Å². The molecule has 0 bridgehead atoms. The normalized spacial score (nSPS) is 10.2. The third-order valence-corrected chi connectivity index (χ3v) is 3.37. The van der Waals surface area contributed by atoms with E-state index in [4.69, 9.17) is 9.47 Å². The van der Waals surface area contributed by atoms with Crippen LogP contribution in [-0.2, 0) is 9.53 Å². The van der Waals surface area contributed by atoms with E-state index in [1.54, 1.807) is 36.5 Å². The van der Waals surface area contributed by atoms with Gasteiger partial charge in [0.15, 0.2) is 6.61 Å². The minimum atomic E-state index is -0.358. The second-order valence-electron chi connectivity index (χ2n) is 5.57. The third kappa shape index (κ3) is 6.25. The van der Waals surface area contributed by atoms with Gasteiger partial charge in [0.2, 0.25) is 0 Å². The molecule has 6 heteroatoms. The van der Waals surface area contributed by atoms with Gasteiger partial charge in [0.1, 0.15) is 11.6 Å². The number of nitrogens with zero attached hydrogens (tertiary/aromatic N) is 1. The highest BCUT2D eigenvalue weighted by molar-refractivity contribution is 5.91. The number of pyridine rings is 1. The molecule has 132 valence electrons. The fraction of sp³-hybridized carbons (Fsp3) is 0.316. The first-order valence-electron chi connectivity index (χ1n) is 8.21. The number of benzene rings is 1. The van der Waals surface area contributed by atoms with E-state index in [0.29, 0.717) is 23.7 Å². The minimum absolute atomic E-state index is 0.143. The molecule has 0 aliphatic rings. The summed E-state index contributed by atoms with van der Waals surface area (Å²) in [5.74, 6) is 0.320. The molecule has 0 atom stereocenters. The van der Waals surface area contributed by atoms with Crippen molar-refractivity contribution in [2.24, 2.45) is 0 Å². The Balaban J connectivity index is 1.80. The Hall–Kier alpha value is -2.89. The largest absolute Gasteiger partial charge is 0.484 e. The summed E-state index contributed by atoms with van der Waals surface area (Å²) in [6.45, 7) is 4.23. The number of ether oxygens (including phenoxy) is 2. The molecule has 1 aromatic heterocycles. The maximum Gasteiger partial charge on any atom is 0.338 e. The Bertz CT molecular complexity index is 714. The number of anilines is 1. The topological polar surface area (TPSA) is 77.5 Å². The maximum absolute atomic E-state index is 11.9. The summed E-state index contributed by atoms with van der Waals surface area (Å²) in [7, 11) is 0. The van der Waals surface area contributed by atoms with Crippen LogP contribution in [0.4, 0.5) is 5.82 Å². The predicted molar refractivity (Wildman–Crippen MR) is 94.7 cm³/mol. The van der Waals surface area contributed by atoms with Crippen molar-refractivity contribution < 1.29 is 19.1 Å². The lowest BCUT2D eigenvalue weighted by atomic mass is 10.2. The summed E-state index contributed by atoms with van der Waals surface area (Å²) in [5, 5.41) is 2.66. The van der Waals surface area contributed by atoms with E-state index in [2.05, 4.69) is 10.3 Å². The third-order valence-electron chi connectivity index (χ3n) is 3.37. The van der Waals surface area contributed by atoms with E-state index in [1.165, 1.54) is 0 Å². The number of rotatable bonds is 8. The number of aryl methyl sites for hydroxylation is 1. The number of nitrogens with one attached hydrogen (secondary N) is 1. The van der Waals surface area contributed by atoms with Gasteiger partial charge in [-0.3, -0.25) is 4.79 Å². The number of esters is 1. The van der Waals surface area contributed by atoms with Crippen LogP contribution in [0.15, 0.2) is 42.6 Å². The van der Waals surface area contributed by atoms with Crippen molar-refractivity contribution in [3.05, 3.63) is 53.7 Å². The van der Waals surface area contributed by atoms with Crippen molar-refractivity contribution in [2.45, 2.75) is 26.7 Å². The molecule has 2 aromatic rings. The van der Waals surface area contributed by atoms with Crippen LogP contribution in [0.1, 0.15) is 35.7 Å². The molecule has 0 saturated heterocycles. The van der Waals surface area contributed by atoms with E-state index in [1.807, 2.05) is 19.9 Å². The SMILES string of the molecule is CCCCOC(=O)c1ccc(OCC(=O)Nc2cc(C)ccn2)cc1. The molecule has 1 amide bonds. The van der Waals surface area contributed by atoms with Crippen LogP contribution in [0.25, 0.3) is 0 Å². The molecule has 0 fully saturated rings. The van der Waals surface area contributed by atoms with Gasteiger partial charge in [0.25, 0.3) is 5.91 Å². The summed E-state index contributed by atoms with van der Waals surface area (Å²) in [6, 6.07) is 10.1. The number of amides is 1. The highest BCUT2D eigenvalue weighted by Crippen LogP contribution is 2.13. The molecule has 2 rings (SSSR count). The van der Waals surface area contributed by atoms with Crippen molar-refractivity contribution >= 4 is 17.7 Å². The number of hydrogen-bond acceptors (Lipinski definition) is 5. The van der Waals surface area contributed by atoms with E-state index < -0.39 is 0 Å². The molecule has 0 spiro atoms. The highest BCUT2D eigenvalue weighted by atomic mass is 16.5. The molecule has 1 aromatic carbocycles. The van der Waals surface area contributed by atoms with Gasteiger partial charge < -0.3 is 14.8 Å². The summed E-state index contributed by atoms with van der Waals surface area (Å²) >= 11 is 0. The molecule has 0 saturated carbocycles. The maximum atomic E-state index is 11.9. The number of unbranched alkanes of at least 4 members (excludes halogenated alkanes) is 1. The number of carbonyl (C=O) groups excluding carboxylic acids is 2. The van der Waals surface area contributed by atoms with Gasteiger partial charge in [-0.15, -0.1) is 0 Å². The zero-order valence-corrected chi connectivity index (χ0v) is 14.5. The molecule has 0 radical (unpaired) electrons. The van der Waals surface area contributed by atoms with Gasteiger partial charge in [0, 0.05) is 6.20 Å². The van der Waals surface area contributed by atoms with Gasteiger partial charge in [-0.2, -0.15) is 0 Å². The lowest BCUT2D eigenvalue weighted by Gasteiger charge is -2.08. The van der Waals surface area contributed by atoms with Crippen LogP contribution in [0, 0.1) is 6.92 Å². The lowest BCUT2D eigenvalue weighted by Crippen LogP contribution is -2.20. The van der Waals surface area contributed by atoms with Crippen molar-refractivity contribution in [2.75, 3.05) is 18.5 Å². The standard InChI is InChI=1S/C19H22N2O4/c1-3-4-11-24-19(23)15-5-7-16(8-6-15)25-13-18(22)21-17-12-14(2)9-10-20-17/h5-10,12H,3-4,11,13H2,1-2H3,(H,20,21,22). The van der Waals surface area contributed by atoms with Crippen molar-refractivity contribution in [1.29, 1.82) is 0 Å².